The molecule has 3 N–H and O–H groups in total. The number of nitrogens with zero attached hydrogens (tertiary/aromatic N) is 3. The third-order valence-electron chi connectivity index (χ3n) is 4.84. The normalized spacial score (nSPS) is 18.1. The highest BCUT2D eigenvalue weighted by molar-refractivity contribution is 7.89. The van der Waals surface area contributed by atoms with Gasteiger partial charge in [-0.3, -0.25) is 4.79 Å². The SMILES string of the molecule is CN1C(CNC(=O)c2ccc(NCc3ccccc3OCCO)nn2)CCS1(=O)=O. The molecular weight excluding hydrogens is 410 g/mol. The van der Waals surface area contributed by atoms with Gasteiger partial charge >= 0.3 is 0 Å². The molecule has 30 heavy (non-hydrogen) atoms. The second-order valence-electron chi connectivity index (χ2n) is 6.82. The predicted octanol–water partition coefficient (Wildman–Crippen LogP) is 0.223. The van der Waals surface area contributed by atoms with Crippen LogP contribution in [0.25, 0.3) is 0 Å². The lowest BCUT2D eigenvalue weighted by Crippen LogP contribution is -2.39. The molecule has 1 aliphatic rings. The summed E-state index contributed by atoms with van der Waals surface area (Å²) >= 11 is 0. The molecule has 2 heterocycles. The van der Waals surface area contributed by atoms with Gasteiger partial charge in [0.1, 0.15) is 18.2 Å². The van der Waals surface area contributed by atoms with Crippen LogP contribution in [0.4, 0.5) is 5.82 Å². The number of aromatic nitrogens is 2. The van der Waals surface area contributed by atoms with Crippen LogP contribution in [0.3, 0.4) is 0 Å². The van der Waals surface area contributed by atoms with Crippen molar-refractivity contribution >= 4 is 21.7 Å². The Morgan fingerprint density at radius 2 is 2.07 bits per heavy atom. The van der Waals surface area contributed by atoms with Crippen LogP contribution < -0.4 is 15.4 Å². The smallest absolute Gasteiger partial charge is 0.271 e. The number of carbonyl (C=O) groups is 1. The van der Waals surface area contributed by atoms with Crippen molar-refractivity contribution in [2.75, 3.05) is 37.9 Å². The zero-order chi connectivity index (χ0) is 21.6. The summed E-state index contributed by atoms with van der Waals surface area (Å²) in [6.45, 7) is 0.804. The number of amides is 1. The van der Waals surface area contributed by atoms with Gasteiger partial charge in [0.25, 0.3) is 5.91 Å². The minimum Gasteiger partial charge on any atom is -0.491 e. The molecule has 1 aromatic carbocycles. The summed E-state index contributed by atoms with van der Waals surface area (Å²) in [5.41, 5.74) is 1.04. The summed E-state index contributed by atoms with van der Waals surface area (Å²) in [6.07, 6.45) is 0.483. The largest absolute Gasteiger partial charge is 0.491 e. The third-order valence-corrected chi connectivity index (χ3v) is 6.77. The van der Waals surface area contributed by atoms with E-state index in [4.69, 9.17) is 9.84 Å². The van der Waals surface area contributed by atoms with Gasteiger partial charge < -0.3 is 20.5 Å². The molecule has 1 aromatic heterocycles. The number of ether oxygens (including phenoxy) is 1. The Morgan fingerprint density at radius 3 is 2.73 bits per heavy atom. The number of rotatable bonds is 9. The summed E-state index contributed by atoms with van der Waals surface area (Å²) in [6, 6.07) is 10.4. The monoisotopic (exact) mass is 435 g/mol. The lowest BCUT2D eigenvalue weighted by molar-refractivity contribution is 0.0940. The molecule has 0 aliphatic carbocycles. The van der Waals surface area contributed by atoms with Gasteiger partial charge in [-0.05, 0) is 24.6 Å². The average molecular weight is 436 g/mol. The van der Waals surface area contributed by atoms with Crippen molar-refractivity contribution in [3.05, 3.63) is 47.7 Å². The molecule has 1 atom stereocenters. The van der Waals surface area contributed by atoms with Crippen LogP contribution in [-0.2, 0) is 16.6 Å². The van der Waals surface area contributed by atoms with E-state index in [1.54, 1.807) is 12.1 Å². The van der Waals surface area contributed by atoms with Gasteiger partial charge in [0.05, 0.1) is 12.4 Å². The Hall–Kier alpha value is -2.76. The molecule has 0 spiro atoms. The first-order valence-electron chi connectivity index (χ1n) is 9.54. The quantitative estimate of drug-likeness (QED) is 0.509. The first-order chi connectivity index (χ1) is 14.4. The van der Waals surface area contributed by atoms with E-state index in [1.165, 1.54) is 11.4 Å². The number of sulfonamides is 1. The van der Waals surface area contributed by atoms with E-state index in [-0.39, 0.29) is 37.2 Å². The maximum atomic E-state index is 12.3. The van der Waals surface area contributed by atoms with Gasteiger partial charge in [-0.2, -0.15) is 0 Å². The third kappa shape index (κ3) is 5.43. The molecule has 0 bridgehead atoms. The molecule has 1 amide bonds. The number of hydrogen-bond donors (Lipinski definition) is 3. The lowest BCUT2D eigenvalue weighted by Gasteiger charge is -2.18. The molecule has 1 unspecified atom stereocenters. The Bertz CT molecular complexity index is 968. The number of aliphatic hydroxyl groups is 1. The van der Waals surface area contributed by atoms with E-state index >= 15 is 0 Å². The minimum atomic E-state index is -3.21. The Morgan fingerprint density at radius 1 is 1.27 bits per heavy atom. The standard InChI is InChI=1S/C19H25N5O5S/c1-24-15(8-11-30(24,27)28)13-21-19(26)16-6-7-18(23-22-16)20-12-14-4-2-3-5-17(14)29-10-9-25/h2-7,15,25H,8-13H2,1H3,(H,20,23)(H,21,26). The molecule has 162 valence electrons. The topological polar surface area (TPSA) is 134 Å². The fourth-order valence-electron chi connectivity index (χ4n) is 3.05. The molecule has 0 saturated carbocycles. The zero-order valence-corrected chi connectivity index (χ0v) is 17.4. The Balaban J connectivity index is 1.52. The highest BCUT2D eigenvalue weighted by Gasteiger charge is 2.34. The van der Waals surface area contributed by atoms with Gasteiger partial charge in [0, 0.05) is 31.7 Å². The second-order valence-corrected chi connectivity index (χ2v) is 8.97. The number of para-hydroxylation sites is 1. The van der Waals surface area contributed by atoms with Crippen molar-refractivity contribution in [2.45, 2.75) is 19.0 Å². The van der Waals surface area contributed by atoms with Crippen LogP contribution in [0.15, 0.2) is 36.4 Å². The van der Waals surface area contributed by atoms with Gasteiger partial charge in [-0.1, -0.05) is 18.2 Å². The minimum absolute atomic E-state index is 0.0659. The van der Waals surface area contributed by atoms with Gasteiger partial charge in [-0.25, -0.2) is 12.7 Å². The maximum Gasteiger partial charge on any atom is 0.271 e. The molecule has 10 nitrogen and oxygen atoms in total. The number of likely N-dealkylation sites (N-methyl/N-ethyl adjacent to an activating group) is 1. The number of nitrogens with one attached hydrogen (secondary N) is 2. The first kappa shape index (κ1) is 21.9. The summed E-state index contributed by atoms with van der Waals surface area (Å²) in [5, 5.41) is 22.7. The van der Waals surface area contributed by atoms with E-state index < -0.39 is 15.9 Å². The summed E-state index contributed by atoms with van der Waals surface area (Å²) in [7, 11) is -1.69. The van der Waals surface area contributed by atoms with Crippen molar-refractivity contribution in [1.82, 2.24) is 19.8 Å². The summed E-state index contributed by atoms with van der Waals surface area (Å²) < 4.78 is 30.2. The molecule has 3 rings (SSSR count). The van der Waals surface area contributed by atoms with Crippen LogP contribution in [0, 0.1) is 0 Å². The van der Waals surface area contributed by atoms with Crippen LogP contribution in [0.2, 0.25) is 0 Å². The fourth-order valence-corrected chi connectivity index (χ4v) is 4.54. The highest BCUT2D eigenvalue weighted by Crippen LogP contribution is 2.19. The fraction of sp³-hybridized carbons (Fsp3) is 0.421. The maximum absolute atomic E-state index is 12.3. The lowest BCUT2D eigenvalue weighted by atomic mass is 10.2. The molecule has 2 aromatic rings. The van der Waals surface area contributed by atoms with E-state index in [1.807, 2.05) is 24.3 Å². The molecule has 1 fully saturated rings. The van der Waals surface area contributed by atoms with Crippen LogP contribution in [0.1, 0.15) is 22.5 Å². The van der Waals surface area contributed by atoms with Crippen molar-refractivity contribution in [3.63, 3.8) is 0 Å². The van der Waals surface area contributed by atoms with E-state index in [0.29, 0.717) is 24.5 Å². The summed E-state index contributed by atoms with van der Waals surface area (Å²) in [4.78, 5) is 12.3. The number of benzene rings is 1. The number of carbonyl (C=O) groups excluding carboxylic acids is 1. The summed E-state index contributed by atoms with van der Waals surface area (Å²) in [5.74, 6) is 0.847. The van der Waals surface area contributed by atoms with Gasteiger partial charge in [0.15, 0.2) is 5.69 Å². The molecule has 1 saturated heterocycles. The van der Waals surface area contributed by atoms with E-state index in [9.17, 15) is 13.2 Å². The molecule has 0 radical (unpaired) electrons. The number of anilines is 1. The molecule has 11 heteroatoms. The van der Waals surface area contributed by atoms with Crippen LogP contribution in [-0.4, -0.2) is 72.5 Å². The number of aliphatic hydroxyl groups excluding tert-OH is 1. The average Bonchev–Trinajstić information content (AvgIpc) is 3.02. The van der Waals surface area contributed by atoms with Crippen molar-refractivity contribution in [2.24, 2.45) is 0 Å². The van der Waals surface area contributed by atoms with E-state index in [2.05, 4.69) is 20.8 Å². The Kier molecular flexibility index (Phi) is 7.19. The van der Waals surface area contributed by atoms with Crippen molar-refractivity contribution in [3.8, 4) is 5.75 Å². The number of hydrogen-bond acceptors (Lipinski definition) is 8. The second kappa shape index (κ2) is 9.83. The Labute approximate surface area is 175 Å². The van der Waals surface area contributed by atoms with Crippen LogP contribution >= 0.6 is 0 Å². The zero-order valence-electron chi connectivity index (χ0n) is 16.6. The first-order valence-corrected chi connectivity index (χ1v) is 11.1. The van der Waals surface area contributed by atoms with E-state index in [0.717, 1.165) is 5.56 Å². The molecular formula is C19H25N5O5S. The van der Waals surface area contributed by atoms with Gasteiger partial charge in [0.2, 0.25) is 10.0 Å². The predicted molar refractivity (Wildman–Crippen MR) is 111 cm³/mol. The van der Waals surface area contributed by atoms with Crippen LogP contribution in [0.5, 0.6) is 5.75 Å². The molecule has 1 aliphatic heterocycles. The van der Waals surface area contributed by atoms with Gasteiger partial charge in [-0.15, -0.1) is 10.2 Å². The highest BCUT2D eigenvalue weighted by atomic mass is 32.2. The van der Waals surface area contributed by atoms with Crippen molar-refractivity contribution in [1.29, 1.82) is 0 Å². The van der Waals surface area contributed by atoms with Crippen molar-refractivity contribution < 1.29 is 23.1 Å².